The number of benzene rings is 1. The lowest BCUT2D eigenvalue weighted by Crippen LogP contribution is -2.29. The highest BCUT2D eigenvalue weighted by atomic mass is 79.9. The van der Waals surface area contributed by atoms with Crippen LogP contribution in [0.1, 0.15) is 10.4 Å². The molecule has 17 heavy (non-hydrogen) atoms. The Bertz CT molecular complexity index is 425. The van der Waals surface area contributed by atoms with Crippen molar-refractivity contribution in [3.05, 3.63) is 33.3 Å². The summed E-state index contributed by atoms with van der Waals surface area (Å²) in [6.45, 7) is -1.56. The molecule has 1 aromatic rings. The van der Waals surface area contributed by atoms with E-state index in [9.17, 15) is 18.0 Å². The van der Waals surface area contributed by atoms with Gasteiger partial charge in [0.25, 0.3) is 5.91 Å². The Hall–Kier alpha value is -0.790. The van der Waals surface area contributed by atoms with Crippen LogP contribution in [0.5, 0.6) is 0 Å². The zero-order valence-electron chi connectivity index (χ0n) is 8.15. The molecule has 0 spiro atoms. The first-order chi connectivity index (χ1) is 7.79. The van der Waals surface area contributed by atoms with Crippen LogP contribution in [0, 0.1) is 0 Å². The number of halogens is 5. The molecule has 0 aromatic heterocycles. The van der Waals surface area contributed by atoms with Gasteiger partial charge >= 0.3 is 6.18 Å². The van der Waals surface area contributed by atoms with E-state index in [1.807, 2.05) is 0 Å². The van der Waals surface area contributed by atoms with Crippen molar-refractivity contribution in [1.29, 1.82) is 0 Å². The van der Waals surface area contributed by atoms with E-state index >= 15 is 0 Å². The molecule has 1 N–H and O–H groups in total. The van der Waals surface area contributed by atoms with Crippen molar-refractivity contribution < 1.29 is 22.8 Å². The fourth-order valence-corrected chi connectivity index (χ4v) is 1.51. The van der Waals surface area contributed by atoms with Gasteiger partial charge in [-0.1, -0.05) is 11.6 Å². The maximum absolute atomic E-state index is 11.7. The highest BCUT2D eigenvalue weighted by Gasteiger charge is 2.28. The first kappa shape index (κ1) is 14.3. The van der Waals surface area contributed by atoms with Gasteiger partial charge in [0, 0.05) is 9.50 Å². The molecule has 1 amide bonds. The number of hydrogen-bond donors (Lipinski definition) is 1. The number of hydrogen-bond acceptors (Lipinski definition) is 2. The summed E-state index contributed by atoms with van der Waals surface area (Å²) < 4.78 is 35.6. The Morgan fingerprint density at radius 1 is 1.47 bits per heavy atom. The molecule has 0 atom stereocenters. The Morgan fingerprint density at radius 2 is 2.12 bits per heavy atom. The highest BCUT2D eigenvalue weighted by molar-refractivity contribution is 9.10. The Morgan fingerprint density at radius 3 is 2.71 bits per heavy atom. The monoisotopic (exact) mass is 331 g/mol. The Balaban J connectivity index is 2.61. The summed E-state index contributed by atoms with van der Waals surface area (Å²) >= 11 is 8.71. The predicted octanol–water partition coefficient (Wildman–Crippen LogP) is 3.33. The second kappa shape index (κ2) is 5.70. The van der Waals surface area contributed by atoms with E-state index in [0.717, 1.165) is 0 Å². The third kappa shape index (κ3) is 4.93. The molecule has 3 nitrogen and oxygen atoms in total. The lowest BCUT2D eigenvalue weighted by atomic mass is 10.2. The van der Waals surface area contributed by atoms with Gasteiger partial charge in [-0.2, -0.15) is 13.2 Å². The van der Waals surface area contributed by atoms with E-state index in [4.69, 9.17) is 11.6 Å². The first-order valence-electron chi connectivity index (χ1n) is 4.23. The van der Waals surface area contributed by atoms with Gasteiger partial charge in [-0.3, -0.25) is 9.63 Å². The van der Waals surface area contributed by atoms with Crippen LogP contribution in [-0.4, -0.2) is 18.7 Å². The third-order valence-corrected chi connectivity index (χ3v) is 2.50. The molecule has 0 aliphatic carbocycles. The minimum absolute atomic E-state index is 0.0830. The maximum atomic E-state index is 11.7. The SMILES string of the molecule is O=C(NOCC(F)(F)F)c1cc(Cl)ccc1Br. The molecule has 0 heterocycles. The summed E-state index contributed by atoms with van der Waals surface area (Å²) in [5.74, 6) is -0.816. The molecule has 1 rings (SSSR count). The van der Waals surface area contributed by atoms with Crippen molar-refractivity contribution in [3.63, 3.8) is 0 Å². The van der Waals surface area contributed by atoms with Crippen molar-refractivity contribution in [3.8, 4) is 0 Å². The largest absolute Gasteiger partial charge is 0.414 e. The van der Waals surface area contributed by atoms with Crippen LogP contribution >= 0.6 is 27.5 Å². The topological polar surface area (TPSA) is 38.3 Å². The van der Waals surface area contributed by atoms with Crippen molar-refractivity contribution >= 4 is 33.4 Å². The van der Waals surface area contributed by atoms with E-state index in [0.29, 0.717) is 4.47 Å². The average molecular weight is 333 g/mol. The molecular formula is C9H6BrClF3NO2. The van der Waals surface area contributed by atoms with E-state index in [1.165, 1.54) is 18.2 Å². The summed E-state index contributed by atoms with van der Waals surface area (Å²) in [5.41, 5.74) is 1.76. The van der Waals surface area contributed by atoms with Gasteiger partial charge in [-0.25, -0.2) is 5.48 Å². The normalized spacial score (nSPS) is 11.4. The number of carbonyl (C=O) groups excluding carboxylic acids is 1. The van der Waals surface area contributed by atoms with Crippen LogP contribution < -0.4 is 5.48 Å². The van der Waals surface area contributed by atoms with Crippen LogP contribution in [0.25, 0.3) is 0 Å². The van der Waals surface area contributed by atoms with E-state index in [1.54, 1.807) is 5.48 Å². The molecule has 0 unspecified atom stereocenters. The molecule has 1 aromatic carbocycles. The van der Waals surface area contributed by atoms with Gasteiger partial charge in [0.05, 0.1) is 5.56 Å². The number of amides is 1. The number of rotatable bonds is 3. The fourth-order valence-electron chi connectivity index (χ4n) is 0.910. The second-order valence-corrected chi connectivity index (χ2v) is 4.25. The van der Waals surface area contributed by atoms with E-state index in [2.05, 4.69) is 20.8 Å². The number of nitrogens with one attached hydrogen (secondary N) is 1. The van der Waals surface area contributed by atoms with Crippen LogP contribution in [0.4, 0.5) is 13.2 Å². The van der Waals surface area contributed by atoms with Crippen molar-refractivity contribution in [1.82, 2.24) is 5.48 Å². The second-order valence-electron chi connectivity index (χ2n) is 2.96. The average Bonchev–Trinajstić information content (AvgIpc) is 2.19. The smallest absolute Gasteiger partial charge is 0.267 e. The van der Waals surface area contributed by atoms with Crippen LogP contribution in [-0.2, 0) is 4.84 Å². The molecule has 94 valence electrons. The molecule has 0 radical (unpaired) electrons. The quantitative estimate of drug-likeness (QED) is 0.862. The van der Waals surface area contributed by atoms with Gasteiger partial charge in [-0.05, 0) is 34.1 Å². The first-order valence-corrected chi connectivity index (χ1v) is 5.40. The molecule has 0 aliphatic rings. The number of hydroxylamine groups is 1. The van der Waals surface area contributed by atoms with Crippen molar-refractivity contribution in [2.75, 3.05) is 6.61 Å². The lowest BCUT2D eigenvalue weighted by molar-refractivity contribution is -0.184. The van der Waals surface area contributed by atoms with Crippen molar-refractivity contribution in [2.45, 2.75) is 6.18 Å². The molecule has 0 fully saturated rings. The summed E-state index contributed by atoms with van der Waals surface area (Å²) in [7, 11) is 0. The third-order valence-electron chi connectivity index (χ3n) is 1.57. The van der Waals surface area contributed by atoms with Crippen LogP contribution in [0.2, 0.25) is 5.02 Å². The molecule has 0 bridgehead atoms. The minimum atomic E-state index is -4.50. The predicted molar refractivity (Wildman–Crippen MR) is 58.6 cm³/mol. The molecule has 0 aliphatic heterocycles. The lowest BCUT2D eigenvalue weighted by Gasteiger charge is -2.09. The molecular weight excluding hydrogens is 326 g/mol. The van der Waals surface area contributed by atoms with Gasteiger partial charge in [0.2, 0.25) is 0 Å². The van der Waals surface area contributed by atoms with Crippen LogP contribution in [0.15, 0.2) is 22.7 Å². The van der Waals surface area contributed by atoms with E-state index < -0.39 is 18.7 Å². The summed E-state index contributed by atoms with van der Waals surface area (Å²) in [6, 6.07) is 4.33. The Labute approximate surface area is 108 Å². The van der Waals surface area contributed by atoms with Gasteiger partial charge in [-0.15, -0.1) is 0 Å². The number of carbonyl (C=O) groups is 1. The maximum Gasteiger partial charge on any atom is 0.414 e. The summed E-state index contributed by atoms with van der Waals surface area (Å²) in [4.78, 5) is 15.4. The van der Waals surface area contributed by atoms with Crippen molar-refractivity contribution in [2.24, 2.45) is 0 Å². The van der Waals surface area contributed by atoms with Gasteiger partial charge in [0.15, 0.2) is 6.61 Å². The molecule has 0 saturated carbocycles. The fraction of sp³-hybridized carbons (Fsp3) is 0.222. The van der Waals surface area contributed by atoms with Gasteiger partial charge in [0.1, 0.15) is 0 Å². The standard InChI is InChI=1S/C9H6BrClF3NO2/c10-7-2-1-5(11)3-6(7)8(16)15-17-4-9(12,13)14/h1-3H,4H2,(H,15,16). The summed E-state index contributed by atoms with van der Waals surface area (Å²) in [6.07, 6.45) is -4.50. The highest BCUT2D eigenvalue weighted by Crippen LogP contribution is 2.21. The Kier molecular flexibility index (Phi) is 4.79. The van der Waals surface area contributed by atoms with Gasteiger partial charge < -0.3 is 0 Å². The zero-order valence-corrected chi connectivity index (χ0v) is 10.5. The molecule has 8 heteroatoms. The number of alkyl halides is 3. The molecule has 0 saturated heterocycles. The van der Waals surface area contributed by atoms with E-state index in [-0.39, 0.29) is 10.6 Å². The van der Waals surface area contributed by atoms with Crippen LogP contribution in [0.3, 0.4) is 0 Å². The zero-order chi connectivity index (χ0) is 13.1. The summed E-state index contributed by atoms with van der Waals surface area (Å²) in [5, 5.41) is 0.286. The minimum Gasteiger partial charge on any atom is -0.267 e.